The first kappa shape index (κ1) is 21.6. The monoisotopic (exact) mass is 473 g/mol. The van der Waals surface area contributed by atoms with Crippen molar-refractivity contribution in [3.8, 4) is 17.2 Å². The van der Waals surface area contributed by atoms with Crippen LogP contribution in [0.4, 0.5) is 10.2 Å². The number of amides is 1. The fourth-order valence-electron chi connectivity index (χ4n) is 4.33. The van der Waals surface area contributed by atoms with E-state index in [1.165, 1.54) is 6.07 Å². The standard InChI is InChI=1S/C25H24FN7O2/c1-15-8-18(26)17(9-21(15)32-10-20(27-13-32)16-6-7-16)24(34)30-22-5-3-4-19(29-22)23-31-28-14-33(23)25(2)11-35-12-25/h3-5,8-10,13-14,16H,6-7,11-12H2,1-2H3,(H,29,30,34). The number of hydrogen-bond acceptors (Lipinski definition) is 6. The first-order valence-electron chi connectivity index (χ1n) is 11.5. The summed E-state index contributed by atoms with van der Waals surface area (Å²) in [4.78, 5) is 22.1. The molecule has 0 unspecified atom stereocenters. The summed E-state index contributed by atoms with van der Waals surface area (Å²) in [6.45, 7) is 4.98. The van der Waals surface area contributed by atoms with Crippen molar-refractivity contribution < 1.29 is 13.9 Å². The highest BCUT2D eigenvalue weighted by Gasteiger charge is 2.37. The molecule has 1 N–H and O–H groups in total. The fourth-order valence-corrected chi connectivity index (χ4v) is 4.33. The number of anilines is 1. The van der Waals surface area contributed by atoms with Crippen LogP contribution in [0.2, 0.25) is 0 Å². The Bertz CT molecular complexity index is 1440. The van der Waals surface area contributed by atoms with Crippen molar-refractivity contribution in [1.82, 2.24) is 29.3 Å². The highest BCUT2D eigenvalue weighted by atomic mass is 19.1. The Balaban J connectivity index is 1.27. The molecule has 9 nitrogen and oxygen atoms in total. The van der Waals surface area contributed by atoms with Crippen molar-refractivity contribution in [2.24, 2.45) is 0 Å². The molecule has 35 heavy (non-hydrogen) atoms. The van der Waals surface area contributed by atoms with Crippen LogP contribution in [0.15, 0.2) is 49.2 Å². The molecule has 10 heteroatoms. The van der Waals surface area contributed by atoms with Crippen molar-refractivity contribution in [2.45, 2.75) is 38.1 Å². The van der Waals surface area contributed by atoms with Crippen molar-refractivity contribution >= 4 is 11.7 Å². The van der Waals surface area contributed by atoms with Gasteiger partial charge in [-0.1, -0.05) is 6.07 Å². The Labute approximate surface area is 201 Å². The van der Waals surface area contributed by atoms with E-state index < -0.39 is 11.7 Å². The van der Waals surface area contributed by atoms with Crippen molar-refractivity contribution in [2.75, 3.05) is 18.5 Å². The van der Waals surface area contributed by atoms with E-state index in [9.17, 15) is 9.18 Å². The highest BCUT2D eigenvalue weighted by Crippen LogP contribution is 2.39. The number of carbonyl (C=O) groups excluding carboxylic acids is 1. The molecule has 3 aromatic heterocycles. The maximum absolute atomic E-state index is 14.8. The number of ether oxygens (including phenoxy) is 1. The van der Waals surface area contributed by atoms with E-state index in [4.69, 9.17) is 4.74 Å². The van der Waals surface area contributed by atoms with Crippen molar-refractivity contribution in [3.05, 3.63) is 71.8 Å². The zero-order valence-corrected chi connectivity index (χ0v) is 19.4. The van der Waals surface area contributed by atoms with E-state index in [2.05, 4.69) is 32.4 Å². The predicted molar refractivity (Wildman–Crippen MR) is 126 cm³/mol. The molecule has 1 saturated heterocycles. The summed E-state index contributed by atoms with van der Waals surface area (Å²) in [6.07, 6.45) is 7.60. The molecule has 0 bridgehead atoms. The minimum absolute atomic E-state index is 0.0678. The van der Waals surface area contributed by atoms with E-state index >= 15 is 0 Å². The lowest BCUT2D eigenvalue weighted by molar-refractivity contribution is -0.0890. The molecule has 6 rings (SSSR count). The average Bonchev–Trinajstić information content (AvgIpc) is 3.34. The van der Waals surface area contributed by atoms with Gasteiger partial charge >= 0.3 is 0 Å². The number of nitrogens with one attached hydrogen (secondary N) is 1. The second-order valence-electron chi connectivity index (χ2n) is 9.48. The van der Waals surface area contributed by atoms with E-state index in [1.54, 1.807) is 36.9 Å². The molecular formula is C25H24FN7O2. The molecule has 0 atom stereocenters. The minimum Gasteiger partial charge on any atom is -0.376 e. The van der Waals surface area contributed by atoms with Gasteiger partial charge in [-0.2, -0.15) is 0 Å². The maximum atomic E-state index is 14.8. The molecular weight excluding hydrogens is 449 g/mol. The van der Waals surface area contributed by atoms with Crippen molar-refractivity contribution in [1.29, 1.82) is 0 Å². The summed E-state index contributed by atoms with van der Waals surface area (Å²) in [6, 6.07) is 8.13. The number of rotatable bonds is 6. The van der Waals surface area contributed by atoms with Gasteiger partial charge in [0.2, 0.25) is 0 Å². The van der Waals surface area contributed by atoms with Crippen LogP contribution in [0.3, 0.4) is 0 Å². The smallest absolute Gasteiger partial charge is 0.259 e. The highest BCUT2D eigenvalue weighted by molar-refractivity contribution is 6.04. The SMILES string of the molecule is Cc1cc(F)c(C(=O)Nc2cccc(-c3nncn3C3(C)COC3)n2)cc1-n1cnc(C2CC2)c1. The Morgan fingerprint density at radius 1 is 1.23 bits per heavy atom. The zero-order chi connectivity index (χ0) is 24.2. The fraction of sp³-hybridized carbons (Fsp3) is 0.320. The molecule has 1 aliphatic carbocycles. The number of aromatic nitrogens is 6. The van der Waals surface area contributed by atoms with Crippen LogP contribution < -0.4 is 5.32 Å². The summed E-state index contributed by atoms with van der Waals surface area (Å²) in [5, 5.41) is 11.0. The van der Waals surface area contributed by atoms with E-state index in [0.29, 0.717) is 41.9 Å². The zero-order valence-electron chi connectivity index (χ0n) is 19.4. The lowest BCUT2D eigenvalue weighted by atomic mass is 10.00. The largest absolute Gasteiger partial charge is 0.376 e. The van der Waals surface area contributed by atoms with Gasteiger partial charge in [-0.15, -0.1) is 10.2 Å². The molecule has 4 heterocycles. The topological polar surface area (TPSA) is 99.8 Å². The van der Waals surface area contributed by atoms with Crippen LogP contribution in [0, 0.1) is 12.7 Å². The molecule has 0 radical (unpaired) electrons. The third-order valence-electron chi connectivity index (χ3n) is 6.58. The Morgan fingerprint density at radius 3 is 2.80 bits per heavy atom. The Morgan fingerprint density at radius 2 is 2.06 bits per heavy atom. The summed E-state index contributed by atoms with van der Waals surface area (Å²) < 4.78 is 24.0. The minimum atomic E-state index is -0.597. The summed E-state index contributed by atoms with van der Waals surface area (Å²) >= 11 is 0. The second kappa shape index (κ2) is 8.09. The summed E-state index contributed by atoms with van der Waals surface area (Å²) in [5.41, 5.74) is 2.68. The van der Waals surface area contributed by atoms with Gasteiger partial charge in [0.05, 0.1) is 42.0 Å². The number of carbonyl (C=O) groups is 1. The van der Waals surface area contributed by atoms with Gasteiger partial charge in [0.25, 0.3) is 5.91 Å². The molecule has 1 saturated carbocycles. The van der Waals surface area contributed by atoms with Gasteiger partial charge in [0.15, 0.2) is 5.82 Å². The molecule has 1 amide bonds. The Kier molecular flexibility index (Phi) is 4.99. The van der Waals surface area contributed by atoms with Crippen LogP contribution in [0.5, 0.6) is 0 Å². The van der Waals surface area contributed by atoms with Crippen LogP contribution in [0.25, 0.3) is 17.2 Å². The Hall–Kier alpha value is -3.92. The van der Waals surface area contributed by atoms with Crippen molar-refractivity contribution in [3.63, 3.8) is 0 Å². The van der Waals surface area contributed by atoms with Gasteiger partial charge in [-0.25, -0.2) is 14.4 Å². The average molecular weight is 474 g/mol. The van der Waals surface area contributed by atoms with Gasteiger partial charge in [-0.3, -0.25) is 4.79 Å². The molecule has 4 aromatic rings. The molecule has 2 fully saturated rings. The first-order valence-corrected chi connectivity index (χ1v) is 11.5. The number of nitrogens with zero attached hydrogens (tertiary/aromatic N) is 6. The molecule has 2 aliphatic rings. The van der Waals surface area contributed by atoms with E-state index in [0.717, 1.165) is 18.5 Å². The number of aryl methyl sites for hydroxylation is 1. The van der Waals surface area contributed by atoms with Crippen LogP contribution in [0.1, 0.15) is 47.3 Å². The number of halogens is 1. The number of benzene rings is 1. The normalized spacial score (nSPS) is 16.7. The third-order valence-corrected chi connectivity index (χ3v) is 6.58. The lowest BCUT2D eigenvalue weighted by Gasteiger charge is -2.39. The van der Waals surface area contributed by atoms with Gasteiger partial charge in [0.1, 0.15) is 23.7 Å². The molecule has 178 valence electrons. The van der Waals surface area contributed by atoms with E-state index in [-0.39, 0.29) is 16.9 Å². The summed E-state index contributed by atoms with van der Waals surface area (Å²) in [5.74, 6) is 0.180. The van der Waals surface area contributed by atoms with Gasteiger partial charge < -0.3 is 19.2 Å². The van der Waals surface area contributed by atoms with Gasteiger partial charge in [0, 0.05) is 12.1 Å². The molecule has 1 aliphatic heterocycles. The van der Waals surface area contributed by atoms with Crippen LogP contribution in [-0.4, -0.2) is 48.4 Å². The third kappa shape index (κ3) is 3.89. The predicted octanol–water partition coefficient (Wildman–Crippen LogP) is 3.85. The maximum Gasteiger partial charge on any atom is 0.259 e. The molecule has 0 spiro atoms. The second-order valence-corrected chi connectivity index (χ2v) is 9.48. The number of pyridine rings is 1. The van der Waals surface area contributed by atoms with Crippen LogP contribution >= 0.6 is 0 Å². The molecule has 1 aromatic carbocycles. The lowest BCUT2D eigenvalue weighted by Crippen LogP contribution is -2.49. The first-order chi connectivity index (χ1) is 16.9. The van der Waals surface area contributed by atoms with E-state index in [1.807, 2.05) is 22.3 Å². The summed E-state index contributed by atoms with van der Waals surface area (Å²) in [7, 11) is 0. The number of hydrogen-bond donors (Lipinski definition) is 1. The number of imidazole rings is 1. The van der Waals surface area contributed by atoms with Gasteiger partial charge in [-0.05, 0) is 56.5 Å². The quantitative estimate of drug-likeness (QED) is 0.457. The van der Waals surface area contributed by atoms with Crippen LogP contribution in [-0.2, 0) is 10.3 Å².